The SMILES string of the molecule is CCOC(=O)/C=C/c1ccc(OC(=O)[C@@]2(C)CC[C@]3(C)CC[C@]4(C)C(=CC(=O)[C@@H]5[C@@]6(C)CC[C@H](OC(=O)[C@@H](N)CC[Se]C)C(C)(C)[C@@H]6CC[C@]54C)[C@H]3C2)cc1.Cl. The van der Waals surface area contributed by atoms with E-state index in [1.165, 1.54) is 11.6 Å². The number of ketones is 1. The van der Waals surface area contributed by atoms with E-state index in [2.05, 4.69) is 53.4 Å². The molecule has 310 valence electrons. The van der Waals surface area contributed by atoms with Crippen molar-refractivity contribution in [1.29, 1.82) is 0 Å². The smallest absolute Gasteiger partial charge is 0.147 e. The Morgan fingerprint density at radius 1 is 0.946 bits per heavy atom. The fourth-order valence-corrected chi connectivity index (χ4v) is 13.4. The van der Waals surface area contributed by atoms with Gasteiger partial charge in [-0.2, -0.15) is 0 Å². The van der Waals surface area contributed by atoms with Gasteiger partial charge in [-0.05, 0) is 81.1 Å². The zero-order chi connectivity index (χ0) is 40.2. The molecule has 10 atom stereocenters. The zero-order valence-electron chi connectivity index (χ0n) is 35.2. The molecule has 4 saturated carbocycles. The summed E-state index contributed by atoms with van der Waals surface area (Å²) in [5.74, 6) is 2.16. The van der Waals surface area contributed by atoms with Crippen LogP contribution in [0.15, 0.2) is 42.0 Å². The fourth-order valence-electron chi connectivity index (χ4n) is 12.4. The van der Waals surface area contributed by atoms with Crippen molar-refractivity contribution in [3.63, 3.8) is 0 Å². The topological polar surface area (TPSA) is 122 Å². The molecule has 5 aliphatic carbocycles. The fraction of sp³-hybridized carbons (Fsp3) is 0.696. The van der Waals surface area contributed by atoms with Gasteiger partial charge in [0.1, 0.15) is 5.75 Å². The van der Waals surface area contributed by atoms with Crippen LogP contribution in [0.4, 0.5) is 0 Å². The Balaban J connectivity index is 0.00000600. The van der Waals surface area contributed by atoms with Crippen molar-refractivity contribution in [3.05, 3.63) is 47.6 Å². The van der Waals surface area contributed by atoms with Crippen LogP contribution in [0.25, 0.3) is 6.08 Å². The van der Waals surface area contributed by atoms with E-state index in [9.17, 15) is 19.2 Å². The van der Waals surface area contributed by atoms with Gasteiger partial charge in [0.15, 0.2) is 0 Å². The number of carbonyl (C=O) groups excluding carboxylic acids is 4. The molecular weight excluding hydrogens is 793 g/mol. The van der Waals surface area contributed by atoms with Gasteiger partial charge in [-0.25, -0.2) is 4.79 Å². The molecule has 0 heterocycles. The Labute approximate surface area is 347 Å². The first kappa shape index (κ1) is 44.6. The van der Waals surface area contributed by atoms with Gasteiger partial charge >= 0.3 is 181 Å². The van der Waals surface area contributed by atoms with Crippen LogP contribution >= 0.6 is 12.4 Å². The summed E-state index contributed by atoms with van der Waals surface area (Å²) in [5, 5.41) is 0.965. The van der Waals surface area contributed by atoms with Crippen molar-refractivity contribution in [2.75, 3.05) is 6.61 Å². The molecule has 5 aliphatic rings. The molecule has 0 radical (unpaired) electrons. The molecule has 8 nitrogen and oxygen atoms in total. The van der Waals surface area contributed by atoms with Gasteiger partial charge in [-0.1, -0.05) is 31.6 Å². The van der Waals surface area contributed by atoms with E-state index in [4.69, 9.17) is 19.9 Å². The quantitative estimate of drug-likeness (QED) is 0.107. The number of halogens is 1. The maximum atomic E-state index is 14.9. The number of nitrogens with two attached hydrogens (primary N) is 1. The summed E-state index contributed by atoms with van der Waals surface area (Å²) >= 11 is 0.469. The van der Waals surface area contributed by atoms with E-state index in [1.807, 2.05) is 19.1 Å². The van der Waals surface area contributed by atoms with Gasteiger partial charge < -0.3 is 9.47 Å². The molecule has 1 aromatic carbocycles. The van der Waals surface area contributed by atoms with E-state index < -0.39 is 17.4 Å². The van der Waals surface area contributed by atoms with Crippen molar-refractivity contribution < 1.29 is 33.4 Å². The van der Waals surface area contributed by atoms with Crippen molar-refractivity contribution in [2.45, 2.75) is 143 Å². The standard InChI is InChI=1S/C46H65NO7Se.ClH/c1-10-52-37(49)16-13-29-11-14-30(15-12-29)53-40(51)43(5)23-22-42(4)24-25-45(7)31(32(42)28-43)27-34(48)38-44(6)20-18-36(54-39(50)33(47)19-26-55-9)41(2,3)35(44)17-21-46(38,45)8;/h11-16,27,32-33,35-36,38H,10,17-26,28,47H2,1-9H3;1H/b16-13+;/t32-,33+,35+,36+,38-,42-,43+,44+,45-,46-;/m1./s1. The summed E-state index contributed by atoms with van der Waals surface area (Å²) in [6.45, 7) is 18.2. The molecule has 0 unspecified atom stereocenters. The first-order valence-electron chi connectivity index (χ1n) is 20.7. The number of rotatable bonds is 10. The maximum absolute atomic E-state index is 14.9. The van der Waals surface area contributed by atoms with Crippen LogP contribution in [0.1, 0.15) is 125 Å². The molecule has 0 bridgehead atoms. The van der Waals surface area contributed by atoms with E-state index in [0.29, 0.717) is 40.2 Å². The number of fused-ring (bicyclic) bond motifs is 7. The first-order chi connectivity index (χ1) is 25.8. The first-order valence-corrected chi connectivity index (χ1v) is 23.6. The van der Waals surface area contributed by atoms with Gasteiger partial charge in [-0.15, -0.1) is 12.4 Å². The van der Waals surface area contributed by atoms with Gasteiger partial charge in [0, 0.05) is 6.08 Å². The van der Waals surface area contributed by atoms with Crippen molar-refractivity contribution in [3.8, 4) is 5.75 Å². The van der Waals surface area contributed by atoms with Crippen LogP contribution in [0.2, 0.25) is 11.1 Å². The molecule has 4 fully saturated rings. The molecule has 56 heavy (non-hydrogen) atoms. The molecule has 0 aliphatic heterocycles. The van der Waals surface area contributed by atoms with Gasteiger partial charge in [-0.3, -0.25) is 4.79 Å². The van der Waals surface area contributed by atoms with Gasteiger partial charge in [0.05, 0.1) is 12.0 Å². The summed E-state index contributed by atoms with van der Waals surface area (Å²) < 4.78 is 17.2. The average molecular weight is 859 g/mol. The Kier molecular flexibility index (Phi) is 13.0. The Hall–Kier alpha value is -2.45. The van der Waals surface area contributed by atoms with Crippen molar-refractivity contribution >= 4 is 57.1 Å². The summed E-state index contributed by atoms with van der Waals surface area (Å²) in [6, 6.07) is 6.59. The molecule has 0 amide bonds. The van der Waals surface area contributed by atoms with E-state index in [0.717, 1.165) is 62.2 Å². The van der Waals surface area contributed by atoms with Gasteiger partial charge in [0.25, 0.3) is 0 Å². The van der Waals surface area contributed by atoms with Crippen molar-refractivity contribution in [2.24, 2.45) is 56.0 Å². The molecule has 6 rings (SSSR count). The predicted octanol–water partition coefficient (Wildman–Crippen LogP) is 9.37. The average Bonchev–Trinajstić information content (AvgIpc) is 3.13. The second-order valence-corrected chi connectivity index (χ2v) is 21.5. The zero-order valence-corrected chi connectivity index (χ0v) is 37.7. The number of allylic oxidation sites excluding steroid dienone is 2. The van der Waals surface area contributed by atoms with E-state index in [1.54, 1.807) is 25.1 Å². The molecule has 0 aromatic heterocycles. The molecule has 10 heteroatoms. The molecule has 0 spiro atoms. The summed E-state index contributed by atoms with van der Waals surface area (Å²) in [7, 11) is 0. The third-order valence-corrected chi connectivity index (χ3v) is 17.3. The minimum Gasteiger partial charge on any atom is -0.147 e. The third-order valence-electron chi connectivity index (χ3n) is 16.0. The normalized spacial score (nSPS) is 37.7. The second kappa shape index (κ2) is 16.3. The van der Waals surface area contributed by atoms with E-state index >= 15 is 0 Å². The summed E-state index contributed by atoms with van der Waals surface area (Å²) in [4.78, 5) is 53.8. The monoisotopic (exact) mass is 859 g/mol. The molecule has 2 N–H and O–H groups in total. The van der Waals surface area contributed by atoms with Crippen LogP contribution in [0.3, 0.4) is 0 Å². The minimum absolute atomic E-state index is 0. The second-order valence-electron chi connectivity index (χ2n) is 19.5. The number of carbonyl (C=O) groups is 4. The number of esters is 3. The Morgan fingerprint density at radius 2 is 1.62 bits per heavy atom. The van der Waals surface area contributed by atoms with Crippen LogP contribution in [0.5, 0.6) is 5.75 Å². The van der Waals surface area contributed by atoms with Gasteiger partial charge in [0.2, 0.25) is 0 Å². The number of hydrogen-bond donors (Lipinski definition) is 1. The Morgan fingerprint density at radius 3 is 2.29 bits per heavy atom. The van der Waals surface area contributed by atoms with E-state index in [-0.39, 0.29) is 81.1 Å². The number of benzene rings is 1. The molecule has 1 aromatic rings. The predicted molar refractivity (Wildman–Crippen MR) is 223 cm³/mol. The number of ether oxygens (including phenoxy) is 3. The van der Waals surface area contributed by atoms with Crippen LogP contribution < -0.4 is 10.5 Å². The Bertz CT molecular complexity index is 1740. The minimum atomic E-state index is -0.698. The third kappa shape index (κ3) is 7.61. The van der Waals surface area contributed by atoms with Crippen LogP contribution in [-0.2, 0) is 28.7 Å². The summed E-state index contributed by atoms with van der Waals surface area (Å²) in [6.07, 6.45) is 13.4. The number of hydrogen-bond acceptors (Lipinski definition) is 8. The molecular formula is C46H66ClNO7Se. The van der Waals surface area contributed by atoms with Crippen LogP contribution in [-0.4, -0.2) is 57.4 Å². The summed E-state index contributed by atoms with van der Waals surface area (Å²) in [5.41, 5.74) is 6.70. The van der Waals surface area contributed by atoms with Crippen molar-refractivity contribution in [1.82, 2.24) is 0 Å². The van der Waals surface area contributed by atoms with Crippen LogP contribution in [0, 0.1) is 50.2 Å². The molecule has 0 saturated heterocycles.